The van der Waals surface area contributed by atoms with Gasteiger partial charge in [0.1, 0.15) is 18.2 Å². The standard InChI is InChI=1S/C24H24Cl2N6O/c1-16-13-21(20(26)14-19(16)25)30-23-22(27-2)15-28-24(31-23)29-17-5-7-18(8-6-17)33-12-11-32-9-3-4-10-32/h5-8,13-15H,3-4,9-12H2,1H3,(H2,28,29,30,31). The first-order valence-corrected chi connectivity index (χ1v) is 11.5. The summed E-state index contributed by atoms with van der Waals surface area (Å²) in [7, 11) is 0. The average Bonchev–Trinajstić information content (AvgIpc) is 3.32. The normalized spacial score (nSPS) is 13.5. The van der Waals surface area contributed by atoms with Gasteiger partial charge in [-0.15, -0.1) is 0 Å². The molecule has 0 spiro atoms. The Morgan fingerprint density at radius 1 is 1.09 bits per heavy atom. The van der Waals surface area contributed by atoms with Crippen LogP contribution in [0, 0.1) is 13.5 Å². The first-order valence-electron chi connectivity index (χ1n) is 10.7. The Labute approximate surface area is 203 Å². The summed E-state index contributed by atoms with van der Waals surface area (Å²) in [4.78, 5) is 14.6. The zero-order chi connectivity index (χ0) is 23.2. The van der Waals surface area contributed by atoms with Crippen LogP contribution in [0.1, 0.15) is 18.4 Å². The van der Waals surface area contributed by atoms with E-state index in [9.17, 15) is 0 Å². The van der Waals surface area contributed by atoms with Crippen molar-refractivity contribution < 1.29 is 4.74 Å². The molecule has 0 bridgehead atoms. The highest BCUT2D eigenvalue weighted by molar-refractivity contribution is 6.36. The van der Waals surface area contributed by atoms with E-state index in [1.54, 1.807) is 6.07 Å². The highest BCUT2D eigenvalue weighted by atomic mass is 35.5. The predicted octanol–water partition coefficient (Wildman–Crippen LogP) is 6.60. The number of hydrogen-bond acceptors (Lipinski definition) is 6. The zero-order valence-electron chi connectivity index (χ0n) is 18.2. The van der Waals surface area contributed by atoms with E-state index in [-0.39, 0.29) is 5.69 Å². The van der Waals surface area contributed by atoms with E-state index in [0.717, 1.165) is 23.5 Å². The minimum atomic E-state index is 0.283. The predicted molar refractivity (Wildman–Crippen MR) is 134 cm³/mol. The molecule has 7 nitrogen and oxygen atoms in total. The lowest BCUT2D eigenvalue weighted by molar-refractivity contribution is 0.238. The Kier molecular flexibility index (Phi) is 7.50. The molecule has 0 aliphatic carbocycles. The summed E-state index contributed by atoms with van der Waals surface area (Å²) in [6.45, 7) is 13.3. The third kappa shape index (κ3) is 6.05. The fraction of sp³-hybridized carbons (Fsp3) is 0.292. The van der Waals surface area contributed by atoms with Crippen LogP contribution in [0.3, 0.4) is 0 Å². The van der Waals surface area contributed by atoms with Gasteiger partial charge in [0.2, 0.25) is 11.6 Å². The molecular formula is C24H24Cl2N6O. The number of anilines is 4. The third-order valence-electron chi connectivity index (χ3n) is 5.38. The molecular weight excluding hydrogens is 459 g/mol. The van der Waals surface area contributed by atoms with Gasteiger partial charge >= 0.3 is 0 Å². The topological polar surface area (TPSA) is 66.7 Å². The molecule has 3 aromatic rings. The van der Waals surface area contributed by atoms with E-state index in [1.165, 1.54) is 32.1 Å². The molecule has 1 saturated heterocycles. The van der Waals surface area contributed by atoms with Crippen molar-refractivity contribution in [2.45, 2.75) is 19.8 Å². The van der Waals surface area contributed by atoms with Crippen LogP contribution in [-0.4, -0.2) is 41.1 Å². The number of nitrogens with one attached hydrogen (secondary N) is 2. The minimum Gasteiger partial charge on any atom is -0.492 e. The van der Waals surface area contributed by atoms with Crippen molar-refractivity contribution in [2.24, 2.45) is 0 Å². The Balaban J connectivity index is 1.42. The molecule has 1 aliphatic rings. The SMILES string of the molecule is [C-]#[N+]c1cnc(Nc2ccc(OCCN3CCCC3)cc2)nc1Nc1cc(C)c(Cl)cc1Cl. The zero-order valence-corrected chi connectivity index (χ0v) is 19.7. The Morgan fingerprint density at radius 3 is 2.58 bits per heavy atom. The van der Waals surface area contributed by atoms with Gasteiger partial charge in [-0.3, -0.25) is 4.90 Å². The summed E-state index contributed by atoms with van der Waals surface area (Å²) in [5.41, 5.74) is 2.57. The molecule has 1 aliphatic heterocycles. The van der Waals surface area contributed by atoms with E-state index in [4.69, 9.17) is 34.5 Å². The fourth-order valence-electron chi connectivity index (χ4n) is 3.55. The van der Waals surface area contributed by atoms with Crippen molar-refractivity contribution >= 4 is 52.0 Å². The molecule has 1 fully saturated rings. The second kappa shape index (κ2) is 10.7. The van der Waals surface area contributed by atoms with Gasteiger partial charge in [0.05, 0.1) is 17.3 Å². The Morgan fingerprint density at radius 2 is 1.85 bits per heavy atom. The maximum absolute atomic E-state index is 7.42. The molecule has 1 aromatic heterocycles. The van der Waals surface area contributed by atoms with Crippen molar-refractivity contribution in [3.8, 4) is 5.75 Å². The van der Waals surface area contributed by atoms with Crippen LogP contribution in [0.5, 0.6) is 5.75 Å². The Hall–Kier alpha value is -3.05. The molecule has 9 heteroatoms. The molecule has 0 radical (unpaired) electrons. The highest BCUT2D eigenvalue weighted by Gasteiger charge is 2.12. The molecule has 2 aromatic carbocycles. The van der Waals surface area contributed by atoms with Crippen molar-refractivity contribution in [1.29, 1.82) is 0 Å². The van der Waals surface area contributed by atoms with Crippen LogP contribution in [0.15, 0.2) is 42.6 Å². The number of aromatic nitrogens is 2. The maximum Gasteiger partial charge on any atom is 0.246 e. The minimum absolute atomic E-state index is 0.283. The molecule has 0 amide bonds. The number of nitrogens with zero attached hydrogens (tertiary/aromatic N) is 4. The number of hydrogen-bond donors (Lipinski definition) is 2. The molecule has 0 unspecified atom stereocenters. The molecule has 33 heavy (non-hydrogen) atoms. The molecule has 4 rings (SSSR count). The van der Waals surface area contributed by atoms with E-state index in [1.807, 2.05) is 37.3 Å². The fourth-order valence-corrected chi connectivity index (χ4v) is 3.98. The number of halogens is 2. The van der Waals surface area contributed by atoms with Gasteiger partial charge in [-0.1, -0.05) is 23.2 Å². The lowest BCUT2D eigenvalue weighted by Gasteiger charge is -2.15. The molecule has 170 valence electrons. The quantitative estimate of drug-likeness (QED) is 0.352. The summed E-state index contributed by atoms with van der Waals surface area (Å²) in [5.74, 6) is 1.53. The molecule has 2 N–H and O–H groups in total. The Bertz CT molecular complexity index is 1160. The van der Waals surface area contributed by atoms with Gasteiger partial charge in [0, 0.05) is 23.5 Å². The van der Waals surface area contributed by atoms with Gasteiger partial charge in [0.15, 0.2) is 0 Å². The second-order valence-corrected chi connectivity index (χ2v) is 8.61. The second-order valence-electron chi connectivity index (χ2n) is 7.79. The van der Waals surface area contributed by atoms with Gasteiger partial charge in [0.25, 0.3) is 0 Å². The maximum atomic E-state index is 7.42. The van der Waals surface area contributed by atoms with Crippen molar-refractivity contribution in [3.05, 3.63) is 69.6 Å². The van der Waals surface area contributed by atoms with Crippen LogP contribution >= 0.6 is 23.2 Å². The highest BCUT2D eigenvalue weighted by Crippen LogP contribution is 2.34. The summed E-state index contributed by atoms with van der Waals surface area (Å²) in [6, 6.07) is 11.1. The summed E-state index contributed by atoms with van der Waals surface area (Å²) in [6.07, 6.45) is 4.03. The van der Waals surface area contributed by atoms with Crippen LogP contribution < -0.4 is 15.4 Å². The summed E-state index contributed by atoms with van der Waals surface area (Å²) in [5, 5.41) is 7.30. The molecule has 0 atom stereocenters. The first-order chi connectivity index (χ1) is 16.0. The van der Waals surface area contributed by atoms with Crippen molar-refractivity contribution in [3.63, 3.8) is 0 Å². The van der Waals surface area contributed by atoms with E-state index < -0.39 is 0 Å². The van der Waals surface area contributed by atoms with Crippen LogP contribution in [0.2, 0.25) is 10.0 Å². The van der Waals surface area contributed by atoms with Crippen LogP contribution in [0.4, 0.5) is 28.8 Å². The van der Waals surface area contributed by atoms with E-state index >= 15 is 0 Å². The first kappa shape index (κ1) is 23.1. The van der Waals surface area contributed by atoms with Crippen LogP contribution in [-0.2, 0) is 0 Å². The number of likely N-dealkylation sites (tertiary alicyclic amines) is 1. The van der Waals surface area contributed by atoms with Gasteiger partial charge < -0.3 is 15.4 Å². The molecule has 0 saturated carbocycles. The van der Waals surface area contributed by atoms with Crippen molar-refractivity contribution in [1.82, 2.24) is 14.9 Å². The average molecular weight is 483 g/mol. The third-order valence-corrected chi connectivity index (χ3v) is 6.10. The number of rotatable bonds is 8. The number of ether oxygens (including phenoxy) is 1. The van der Waals surface area contributed by atoms with E-state index in [0.29, 0.717) is 34.1 Å². The lowest BCUT2D eigenvalue weighted by Crippen LogP contribution is -2.25. The number of aryl methyl sites for hydroxylation is 1. The van der Waals surface area contributed by atoms with Gasteiger partial charge in [-0.2, -0.15) is 0 Å². The monoisotopic (exact) mass is 482 g/mol. The number of benzene rings is 2. The summed E-state index contributed by atoms with van der Waals surface area (Å²) >= 11 is 12.4. The van der Waals surface area contributed by atoms with E-state index in [2.05, 4.69) is 30.3 Å². The van der Waals surface area contributed by atoms with Gasteiger partial charge in [-0.05, 0) is 74.8 Å². The summed E-state index contributed by atoms with van der Waals surface area (Å²) < 4.78 is 5.85. The smallest absolute Gasteiger partial charge is 0.246 e. The lowest BCUT2D eigenvalue weighted by atomic mass is 10.2. The van der Waals surface area contributed by atoms with Gasteiger partial charge in [-0.25, -0.2) is 14.8 Å². The van der Waals surface area contributed by atoms with Crippen LogP contribution in [0.25, 0.3) is 4.85 Å². The van der Waals surface area contributed by atoms with Crippen molar-refractivity contribution in [2.75, 3.05) is 36.9 Å². The molecule has 2 heterocycles. The largest absolute Gasteiger partial charge is 0.492 e.